The number of alkyl carbamates (subject to hydrolysis) is 1. The SMILES string of the molecule is CC#CC(=O)N1CC[C@@H](S(=O)(=O)c2ccc(N3CC(F)(CN4CCC(C(CN5CCC5)(c5cccc(F)c5)[C@@]56CCC[C@]5(NC(=O)OC)C6)CC4)C3)c(F)c2)C1. The molecule has 56 heavy (non-hydrogen) atoms. The first-order valence-corrected chi connectivity index (χ1v) is 21.6. The normalized spacial score (nSPS) is 28.6. The van der Waals surface area contributed by atoms with Crippen LogP contribution in [0.4, 0.5) is 23.7 Å². The van der Waals surface area contributed by atoms with Crippen LogP contribution in [0.25, 0.3) is 0 Å². The summed E-state index contributed by atoms with van der Waals surface area (Å²) in [6.45, 7) is 6.07. The largest absolute Gasteiger partial charge is 0.453 e. The number of piperidine rings is 1. The fraction of sp³-hybridized carbons (Fsp3) is 0.619. The predicted octanol–water partition coefficient (Wildman–Crippen LogP) is 4.92. The van der Waals surface area contributed by atoms with Crippen LogP contribution in [0, 0.1) is 34.8 Å². The number of hydrogen-bond donors (Lipinski definition) is 1. The minimum atomic E-state index is -3.90. The first-order chi connectivity index (χ1) is 26.8. The second kappa shape index (κ2) is 14.5. The maximum Gasteiger partial charge on any atom is 0.407 e. The van der Waals surface area contributed by atoms with E-state index in [-0.39, 0.29) is 66.9 Å². The van der Waals surface area contributed by atoms with Crippen molar-refractivity contribution < 1.29 is 35.9 Å². The second-order valence-corrected chi connectivity index (χ2v) is 19.4. The lowest BCUT2D eigenvalue weighted by Gasteiger charge is -2.55. The van der Waals surface area contributed by atoms with Crippen LogP contribution in [0.2, 0.25) is 0 Å². The van der Waals surface area contributed by atoms with Gasteiger partial charge in [-0.1, -0.05) is 24.5 Å². The maximum absolute atomic E-state index is 16.3. The number of nitrogens with zero attached hydrogens (tertiary/aromatic N) is 4. The first kappa shape index (κ1) is 39.0. The third kappa shape index (κ3) is 6.55. The summed E-state index contributed by atoms with van der Waals surface area (Å²) in [5.41, 5.74) is -1.50. The lowest BCUT2D eigenvalue weighted by Crippen LogP contribution is -2.65. The molecule has 0 aromatic heterocycles. The highest BCUT2D eigenvalue weighted by molar-refractivity contribution is 7.92. The molecule has 2 aliphatic carbocycles. The number of nitrogens with one attached hydrogen (secondary N) is 1. The Kier molecular flexibility index (Phi) is 10.1. The van der Waals surface area contributed by atoms with Gasteiger partial charge in [-0.3, -0.25) is 9.69 Å². The summed E-state index contributed by atoms with van der Waals surface area (Å²) in [7, 11) is -2.51. The Bertz CT molecular complexity index is 2040. The first-order valence-electron chi connectivity index (χ1n) is 20.0. The molecule has 1 N–H and O–H groups in total. The molecule has 0 bridgehead atoms. The van der Waals surface area contributed by atoms with Crippen LogP contribution in [-0.4, -0.2) is 124 Å². The summed E-state index contributed by atoms with van der Waals surface area (Å²) in [6, 6.07) is 10.9. The van der Waals surface area contributed by atoms with Crippen molar-refractivity contribution >= 4 is 27.5 Å². The van der Waals surface area contributed by atoms with Crippen LogP contribution in [0.5, 0.6) is 0 Å². The van der Waals surface area contributed by atoms with Crippen molar-refractivity contribution in [3.8, 4) is 11.8 Å². The molecule has 6 fully saturated rings. The topological polar surface area (TPSA) is 103 Å². The minimum absolute atomic E-state index is 0.00541. The molecule has 10 nitrogen and oxygen atoms in total. The van der Waals surface area contributed by atoms with Crippen LogP contribution in [0.1, 0.15) is 63.9 Å². The molecule has 6 aliphatic rings. The lowest BCUT2D eigenvalue weighted by molar-refractivity contribution is -0.124. The zero-order valence-corrected chi connectivity index (χ0v) is 33.1. The van der Waals surface area contributed by atoms with Crippen LogP contribution in [0.3, 0.4) is 0 Å². The number of rotatable bonds is 11. The zero-order chi connectivity index (χ0) is 39.5. The Morgan fingerprint density at radius 3 is 2.41 bits per heavy atom. The number of sulfone groups is 1. The number of halogens is 3. The molecule has 2 aromatic carbocycles. The van der Waals surface area contributed by atoms with Crippen LogP contribution in [0.15, 0.2) is 47.4 Å². The maximum atomic E-state index is 16.3. The van der Waals surface area contributed by atoms with Crippen molar-refractivity contribution in [1.82, 2.24) is 20.0 Å². The summed E-state index contributed by atoms with van der Waals surface area (Å²) in [6.07, 6.45) is 6.10. The fourth-order valence-electron chi connectivity index (χ4n) is 11.4. The molecule has 14 heteroatoms. The van der Waals surface area contributed by atoms with Crippen molar-refractivity contribution in [2.75, 3.05) is 77.5 Å². The average Bonchev–Trinajstić information content (AvgIpc) is 3.42. The Labute approximate surface area is 328 Å². The molecular formula is C42H52F3N5O5S. The van der Waals surface area contributed by atoms with E-state index < -0.39 is 49.5 Å². The van der Waals surface area contributed by atoms with E-state index in [0.717, 1.165) is 76.2 Å². The van der Waals surface area contributed by atoms with Crippen LogP contribution < -0.4 is 10.2 Å². The molecule has 4 atom stereocenters. The van der Waals surface area contributed by atoms with E-state index in [4.69, 9.17) is 4.74 Å². The van der Waals surface area contributed by atoms with Crippen molar-refractivity contribution in [2.24, 2.45) is 11.3 Å². The second-order valence-electron chi connectivity index (χ2n) is 17.2. The molecule has 2 saturated carbocycles. The molecule has 4 saturated heterocycles. The lowest BCUT2D eigenvalue weighted by atomic mass is 9.56. The number of anilines is 1. The molecule has 2 amide bonds. The van der Waals surface area contributed by atoms with Crippen molar-refractivity contribution in [3.05, 3.63) is 59.7 Å². The number of hydrogen-bond acceptors (Lipinski definition) is 8. The van der Waals surface area contributed by atoms with Crippen LogP contribution >= 0.6 is 0 Å². The standard InChI is InChI=1S/C42H52F3N5O5S/c1-3-7-37(51)49-21-14-34(24-49)56(53,54)33-10-11-36(35(44)23-33)50-27-39(45,28-50)26-48-19-12-30(13-20-48)42(29-47-17-6-18-47,31-8-4-9-32(43)22-31)40-15-5-16-41(40,25-40)46-38(52)55-2/h4,8-11,22-23,30,34H,5-6,12-21,24-29H2,1-2H3,(H,46,52)/t34-,40-,41+,42?/m1/s1. The number of amides is 2. The van der Waals surface area contributed by atoms with Gasteiger partial charge in [-0.05, 0) is 126 Å². The molecule has 0 radical (unpaired) electrons. The Balaban J connectivity index is 0.945. The van der Waals surface area contributed by atoms with Gasteiger partial charge >= 0.3 is 6.09 Å². The molecule has 1 unspecified atom stereocenters. The number of carbonyl (C=O) groups is 2. The van der Waals surface area contributed by atoms with E-state index in [0.29, 0.717) is 13.1 Å². The summed E-state index contributed by atoms with van der Waals surface area (Å²) >= 11 is 0. The number of ether oxygens (including phenoxy) is 1. The highest BCUT2D eigenvalue weighted by Gasteiger charge is 2.79. The molecule has 302 valence electrons. The summed E-state index contributed by atoms with van der Waals surface area (Å²) in [5.74, 6) is 3.73. The summed E-state index contributed by atoms with van der Waals surface area (Å²) in [4.78, 5) is 32.3. The van der Waals surface area contributed by atoms with E-state index in [9.17, 15) is 18.0 Å². The number of likely N-dealkylation sites (tertiary alicyclic amines) is 3. The van der Waals surface area contributed by atoms with Gasteiger partial charge in [0.2, 0.25) is 0 Å². The number of benzene rings is 2. The van der Waals surface area contributed by atoms with E-state index in [1.165, 1.54) is 30.2 Å². The number of methoxy groups -OCH3 is 1. The van der Waals surface area contributed by atoms with Crippen LogP contribution in [-0.2, 0) is 24.8 Å². The van der Waals surface area contributed by atoms with Gasteiger partial charge in [0.15, 0.2) is 15.5 Å². The zero-order valence-electron chi connectivity index (χ0n) is 32.3. The molecule has 2 aromatic rings. The third-order valence-electron chi connectivity index (χ3n) is 14.2. The molecule has 0 spiro atoms. The van der Waals surface area contributed by atoms with E-state index in [2.05, 4.69) is 33.0 Å². The van der Waals surface area contributed by atoms with Crippen molar-refractivity contribution in [2.45, 2.75) is 85.1 Å². The van der Waals surface area contributed by atoms with Gasteiger partial charge in [0.25, 0.3) is 5.91 Å². The van der Waals surface area contributed by atoms with Gasteiger partial charge in [-0.2, -0.15) is 0 Å². The van der Waals surface area contributed by atoms with Gasteiger partial charge < -0.3 is 24.8 Å². The van der Waals surface area contributed by atoms with E-state index in [1.807, 2.05) is 0 Å². The Morgan fingerprint density at radius 2 is 1.75 bits per heavy atom. The third-order valence-corrected chi connectivity index (χ3v) is 16.3. The van der Waals surface area contributed by atoms with Gasteiger partial charge in [0.1, 0.15) is 11.6 Å². The fourth-order valence-corrected chi connectivity index (χ4v) is 13.1. The Hall–Kier alpha value is -3.80. The molecule has 8 rings (SSSR count). The summed E-state index contributed by atoms with van der Waals surface area (Å²) in [5, 5.41) is 2.41. The molecular weight excluding hydrogens is 744 g/mol. The molecule has 4 aliphatic heterocycles. The van der Waals surface area contributed by atoms with Crippen molar-refractivity contribution in [1.29, 1.82) is 0 Å². The highest BCUT2D eigenvalue weighted by Crippen LogP contribution is 2.77. The van der Waals surface area contributed by atoms with E-state index >= 15 is 13.2 Å². The van der Waals surface area contributed by atoms with Crippen molar-refractivity contribution in [3.63, 3.8) is 0 Å². The number of fused-ring (bicyclic) bond motifs is 1. The smallest absolute Gasteiger partial charge is 0.407 e. The van der Waals surface area contributed by atoms with E-state index in [1.54, 1.807) is 24.0 Å². The number of carbonyl (C=O) groups excluding carboxylic acids is 2. The van der Waals surface area contributed by atoms with Gasteiger partial charge in [0, 0.05) is 37.0 Å². The van der Waals surface area contributed by atoms with Gasteiger partial charge in [-0.15, -0.1) is 0 Å². The monoisotopic (exact) mass is 795 g/mol. The van der Waals surface area contributed by atoms with Gasteiger partial charge in [0.05, 0.1) is 41.6 Å². The Morgan fingerprint density at radius 1 is 0.982 bits per heavy atom. The minimum Gasteiger partial charge on any atom is -0.453 e. The van der Waals surface area contributed by atoms with Gasteiger partial charge in [-0.25, -0.2) is 26.4 Å². The molecule has 4 heterocycles. The predicted molar refractivity (Wildman–Crippen MR) is 206 cm³/mol. The highest BCUT2D eigenvalue weighted by atomic mass is 32.2. The average molecular weight is 796 g/mol. The number of alkyl halides is 1. The summed E-state index contributed by atoms with van der Waals surface area (Å²) < 4.78 is 78.8. The quantitative estimate of drug-likeness (QED) is 0.321.